The summed E-state index contributed by atoms with van der Waals surface area (Å²) < 4.78 is 0. The van der Waals surface area contributed by atoms with Gasteiger partial charge in [0.15, 0.2) is 0 Å². The third kappa shape index (κ3) is 4.07. The molecule has 1 amide bonds. The number of hydrogen-bond acceptors (Lipinski definition) is 2. The molecule has 1 N–H and O–H groups in total. The van der Waals surface area contributed by atoms with Gasteiger partial charge in [0, 0.05) is 19.5 Å². The molecule has 2 rings (SSSR count). The zero-order valence-electron chi connectivity index (χ0n) is 12.6. The van der Waals surface area contributed by atoms with Crippen LogP contribution in [-0.4, -0.2) is 37.5 Å². The molecule has 1 aromatic rings. The molecule has 1 aromatic carbocycles. The van der Waals surface area contributed by atoms with Crippen LogP contribution in [0, 0.1) is 5.92 Å². The summed E-state index contributed by atoms with van der Waals surface area (Å²) in [7, 11) is 1.98. The van der Waals surface area contributed by atoms with Crippen molar-refractivity contribution in [3.05, 3.63) is 35.9 Å². The molecule has 2 atom stereocenters. The van der Waals surface area contributed by atoms with Gasteiger partial charge < -0.3 is 10.2 Å². The second-order valence-corrected chi connectivity index (χ2v) is 5.92. The van der Waals surface area contributed by atoms with Crippen molar-refractivity contribution in [2.24, 2.45) is 5.92 Å². The Kier molecular flexibility index (Phi) is 5.60. The fraction of sp³-hybridized carbons (Fsp3) is 0.588. The van der Waals surface area contributed by atoms with E-state index < -0.39 is 0 Å². The lowest BCUT2D eigenvalue weighted by atomic mass is 9.94. The number of carbonyl (C=O) groups excluding carboxylic acids is 1. The molecular formula is C17H26N2O. The van der Waals surface area contributed by atoms with E-state index in [-0.39, 0.29) is 0 Å². The lowest BCUT2D eigenvalue weighted by Crippen LogP contribution is -2.42. The molecule has 1 heterocycles. The number of likely N-dealkylation sites (tertiary alicyclic amines) is 1. The van der Waals surface area contributed by atoms with Crippen LogP contribution in [0.15, 0.2) is 30.3 Å². The first-order chi connectivity index (χ1) is 9.70. The fourth-order valence-corrected chi connectivity index (χ4v) is 3.04. The van der Waals surface area contributed by atoms with Gasteiger partial charge in [-0.15, -0.1) is 0 Å². The molecule has 110 valence electrons. The van der Waals surface area contributed by atoms with E-state index in [9.17, 15) is 4.79 Å². The van der Waals surface area contributed by atoms with Gasteiger partial charge in [-0.3, -0.25) is 4.79 Å². The van der Waals surface area contributed by atoms with Crippen LogP contribution in [0.1, 0.15) is 37.7 Å². The van der Waals surface area contributed by atoms with E-state index in [1.807, 2.05) is 25.2 Å². The molecule has 20 heavy (non-hydrogen) atoms. The van der Waals surface area contributed by atoms with E-state index in [0.717, 1.165) is 26.1 Å². The Morgan fingerprint density at radius 1 is 1.40 bits per heavy atom. The van der Waals surface area contributed by atoms with Crippen molar-refractivity contribution in [1.29, 1.82) is 0 Å². The van der Waals surface area contributed by atoms with Gasteiger partial charge in [-0.2, -0.15) is 0 Å². The van der Waals surface area contributed by atoms with Gasteiger partial charge >= 0.3 is 0 Å². The highest BCUT2D eigenvalue weighted by atomic mass is 16.2. The van der Waals surface area contributed by atoms with E-state index >= 15 is 0 Å². The summed E-state index contributed by atoms with van der Waals surface area (Å²) in [5.74, 6) is 1.22. The van der Waals surface area contributed by atoms with Crippen molar-refractivity contribution in [2.45, 2.75) is 32.1 Å². The van der Waals surface area contributed by atoms with Crippen molar-refractivity contribution in [3.8, 4) is 0 Å². The van der Waals surface area contributed by atoms with E-state index in [1.165, 1.54) is 12.0 Å². The molecule has 0 bridgehead atoms. The van der Waals surface area contributed by atoms with Gasteiger partial charge in [-0.25, -0.2) is 0 Å². The summed E-state index contributed by atoms with van der Waals surface area (Å²) in [6, 6.07) is 10.3. The summed E-state index contributed by atoms with van der Waals surface area (Å²) >= 11 is 0. The van der Waals surface area contributed by atoms with Gasteiger partial charge in [-0.1, -0.05) is 37.3 Å². The maximum Gasteiger partial charge on any atom is 0.223 e. The normalized spacial score (nSPS) is 20.7. The van der Waals surface area contributed by atoms with E-state index in [1.54, 1.807) is 0 Å². The topological polar surface area (TPSA) is 32.3 Å². The van der Waals surface area contributed by atoms with Gasteiger partial charge in [0.2, 0.25) is 5.91 Å². The van der Waals surface area contributed by atoms with E-state index in [4.69, 9.17) is 0 Å². The standard InChI is InChI=1S/C17H26N2O/c1-14(16-8-4-3-5-9-16)11-17(20)19-10-6-7-15(13-19)12-18-2/h3-5,8-9,14-15,18H,6-7,10-13H2,1-2H3. The van der Waals surface area contributed by atoms with Gasteiger partial charge in [0.1, 0.15) is 0 Å². The number of piperidine rings is 1. The number of nitrogens with one attached hydrogen (secondary N) is 1. The third-order valence-electron chi connectivity index (χ3n) is 4.21. The molecule has 2 unspecified atom stereocenters. The Hall–Kier alpha value is -1.35. The van der Waals surface area contributed by atoms with Crippen LogP contribution in [0.25, 0.3) is 0 Å². The summed E-state index contributed by atoms with van der Waals surface area (Å²) in [6.07, 6.45) is 2.99. The minimum absolute atomic E-state index is 0.299. The average Bonchev–Trinajstić information content (AvgIpc) is 2.48. The molecule has 1 aliphatic rings. The second kappa shape index (κ2) is 7.44. The molecular weight excluding hydrogens is 248 g/mol. The molecule has 0 saturated carbocycles. The quantitative estimate of drug-likeness (QED) is 0.895. The van der Waals surface area contributed by atoms with Crippen LogP contribution in [0.3, 0.4) is 0 Å². The van der Waals surface area contributed by atoms with Gasteiger partial charge in [-0.05, 0) is 43.8 Å². The predicted octanol–water partition coefficient (Wildman–Crippen LogP) is 2.64. The summed E-state index contributed by atoms with van der Waals surface area (Å²) in [6.45, 7) is 5.00. The minimum atomic E-state index is 0.299. The summed E-state index contributed by atoms with van der Waals surface area (Å²) in [5.41, 5.74) is 1.25. The van der Waals surface area contributed by atoms with Crippen molar-refractivity contribution in [2.75, 3.05) is 26.7 Å². The Labute approximate surface area is 122 Å². The molecule has 3 nitrogen and oxygen atoms in total. The van der Waals surface area contributed by atoms with Crippen molar-refractivity contribution in [1.82, 2.24) is 10.2 Å². The Balaban J connectivity index is 1.88. The predicted molar refractivity (Wildman–Crippen MR) is 82.7 cm³/mol. The molecule has 1 saturated heterocycles. The lowest BCUT2D eigenvalue weighted by Gasteiger charge is -2.33. The number of benzene rings is 1. The van der Waals surface area contributed by atoms with Crippen LogP contribution >= 0.6 is 0 Å². The first kappa shape index (κ1) is 15.0. The largest absolute Gasteiger partial charge is 0.342 e. The first-order valence-corrected chi connectivity index (χ1v) is 7.68. The van der Waals surface area contributed by atoms with Crippen molar-refractivity contribution >= 4 is 5.91 Å². The molecule has 1 fully saturated rings. The molecule has 0 aliphatic carbocycles. The van der Waals surface area contributed by atoms with Crippen molar-refractivity contribution in [3.63, 3.8) is 0 Å². The fourth-order valence-electron chi connectivity index (χ4n) is 3.04. The maximum absolute atomic E-state index is 12.4. The number of rotatable bonds is 5. The maximum atomic E-state index is 12.4. The highest BCUT2D eigenvalue weighted by Gasteiger charge is 2.24. The third-order valence-corrected chi connectivity index (χ3v) is 4.21. The van der Waals surface area contributed by atoms with E-state index in [0.29, 0.717) is 24.2 Å². The molecule has 0 aromatic heterocycles. The highest BCUT2D eigenvalue weighted by molar-refractivity contribution is 5.77. The number of nitrogens with zero attached hydrogens (tertiary/aromatic N) is 1. The Bertz CT molecular complexity index is 416. The van der Waals surface area contributed by atoms with Crippen LogP contribution in [-0.2, 0) is 4.79 Å². The van der Waals surface area contributed by atoms with Crippen molar-refractivity contribution < 1.29 is 4.79 Å². The zero-order valence-corrected chi connectivity index (χ0v) is 12.6. The molecule has 0 radical (unpaired) electrons. The molecule has 0 spiro atoms. The van der Waals surface area contributed by atoms with Crippen LogP contribution in [0.2, 0.25) is 0 Å². The average molecular weight is 274 g/mol. The molecule has 3 heteroatoms. The molecule has 1 aliphatic heterocycles. The summed E-state index contributed by atoms with van der Waals surface area (Å²) in [4.78, 5) is 14.5. The second-order valence-electron chi connectivity index (χ2n) is 5.92. The smallest absolute Gasteiger partial charge is 0.223 e. The SMILES string of the molecule is CNCC1CCCN(C(=O)CC(C)c2ccccc2)C1. The first-order valence-electron chi connectivity index (χ1n) is 7.68. The van der Waals surface area contributed by atoms with Crippen LogP contribution < -0.4 is 5.32 Å². The summed E-state index contributed by atoms with van der Waals surface area (Å²) in [5, 5.41) is 3.23. The number of amides is 1. The monoisotopic (exact) mass is 274 g/mol. The Morgan fingerprint density at radius 2 is 2.15 bits per heavy atom. The minimum Gasteiger partial charge on any atom is -0.342 e. The van der Waals surface area contributed by atoms with Crippen LogP contribution in [0.5, 0.6) is 0 Å². The number of carbonyl (C=O) groups is 1. The number of hydrogen-bond donors (Lipinski definition) is 1. The van der Waals surface area contributed by atoms with Gasteiger partial charge in [0.05, 0.1) is 0 Å². The van der Waals surface area contributed by atoms with Crippen LogP contribution in [0.4, 0.5) is 0 Å². The van der Waals surface area contributed by atoms with E-state index in [2.05, 4.69) is 29.3 Å². The van der Waals surface area contributed by atoms with Gasteiger partial charge in [0.25, 0.3) is 0 Å². The highest BCUT2D eigenvalue weighted by Crippen LogP contribution is 2.22. The Morgan fingerprint density at radius 3 is 2.85 bits per heavy atom. The lowest BCUT2D eigenvalue weighted by molar-refractivity contribution is -0.133. The zero-order chi connectivity index (χ0) is 14.4.